The van der Waals surface area contributed by atoms with Crippen LogP contribution in [0.1, 0.15) is 38.2 Å². The highest BCUT2D eigenvalue weighted by molar-refractivity contribution is 7.92. The van der Waals surface area contributed by atoms with Crippen molar-refractivity contribution in [1.29, 1.82) is 0 Å². The molecule has 1 aromatic rings. The fraction of sp³-hybridized carbons (Fsp3) is 0.571. The van der Waals surface area contributed by atoms with E-state index in [0.29, 0.717) is 38.6 Å². The molecule has 1 saturated carbocycles. The number of nitrogens with zero attached hydrogens (tertiary/aromatic N) is 2. The lowest BCUT2D eigenvalue weighted by atomic mass is 9.86. The van der Waals surface area contributed by atoms with Gasteiger partial charge >= 0.3 is 0 Å². The van der Waals surface area contributed by atoms with Crippen molar-refractivity contribution in [2.45, 2.75) is 38.6 Å². The first-order valence-corrected chi connectivity index (χ1v) is 11.7. The Hall–Kier alpha value is -1.70. The van der Waals surface area contributed by atoms with Gasteiger partial charge in [0, 0.05) is 37.6 Å². The van der Waals surface area contributed by atoms with Gasteiger partial charge in [0.15, 0.2) is 0 Å². The monoisotopic (exact) mass is 405 g/mol. The Labute approximate surface area is 168 Å². The third kappa shape index (κ3) is 5.90. The summed E-state index contributed by atoms with van der Waals surface area (Å²) in [6.07, 6.45) is 6.30. The van der Waals surface area contributed by atoms with Crippen LogP contribution in [0.3, 0.4) is 0 Å². The molecule has 1 N–H and O–H groups in total. The van der Waals surface area contributed by atoms with Crippen molar-refractivity contribution in [1.82, 2.24) is 14.5 Å². The summed E-state index contributed by atoms with van der Waals surface area (Å²) in [6.45, 7) is 4.52. The standard InChI is InChI=1S/C21H31N3O3S/c1-18-7-5-6-10-20(18)22-21(25)17-23-12-14-24(15-13-23)28(26,27)16-11-19-8-3-2-4-9-19/h2-4,8-9,11,16,18,20H,5-7,10,12-15,17H2,1H3,(H,22,25)/b16-11+/t18-,20+/m0/s1. The minimum absolute atomic E-state index is 0.0547. The summed E-state index contributed by atoms with van der Waals surface area (Å²) in [5, 5.41) is 4.45. The highest BCUT2D eigenvalue weighted by Gasteiger charge is 2.27. The van der Waals surface area contributed by atoms with E-state index in [1.165, 1.54) is 29.0 Å². The number of piperazine rings is 1. The molecule has 7 heteroatoms. The third-order valence-corrected chi connectivity index (χ3v) is 7.31. The van der Waals surface area contributed by atoms with E-state index in [9.17, 15) is 13.2 Å². The normalized spacial score (nSPS) is 25.0. The Kier molecular flexibility index (Phi) is 7.26. The summed E-state index contributed by atoms with van der Waals surface area (Å²) in [5.74, 6) is 0.593. The number of hydrogen-bond acceptors (Lipinski definition) is 4. The number of nitrogens with one attached hydrogen (secondary N) is 1. The topological polar surface area (TPSA) is 69.7 Å². The molecule has 1 amide bonds. The molecular formula is C21H31N3O3S. The van der Waals surface area contributed by atoms with E-state index in [4.69, 9.17) is 0 Å². The average Bonchev–Trinajstić information content (AvgIpc) is 2.69. The lowest BCUT2D eigenvalue weighted by molar-refractivity contribution is -0.123. The van der Waals surface area contributed by atoms with Gasteiger partial charge < -0.3 is 5.32 Å². The number of sulfonamides is 1. The maximum Gasteiger partial charge on any atom is 0.236 e. The van der Waals surface area contributed by atoms with Gasteiger partial charge in [-0.3, -0.25) is 9.69 Å². The molecule has 0 bridgehead atoms. The quantitative estimate of drug-likeness (QED) is 0.788. The fourth-order valence-corrected chi connectivity index (χ4v) is 5.12. The van der Waals surface area contributed by atoms with Crippen LogP contribution in [-0.4, -0.2) is 62.3 Å². The second-order valence-corrected chi connectivity index (χ2v) is 9.69. The second-order valence-electron chi connectivity index (χ2n) is 7.87. The number of rotatable bonds is 6. The van der Waals surface area contributed by atoms with Crippen LogP contribution >= 0.6 is 0 Å². The van der Waals surface area contributed by atoms with E-state index in [1.807, 2.05) is 35.2 Å². The van der Waals surface area contributed by atoms with E-state index in [2.05, 4.69) is 12.2 Å². The van der Waals surface area contributed by atoms with E-state index in [-0.39, 0.29) is 11.9 Å². The molecule has 1 heterocycles. The Morgan fingerprint density at radius 3 is 2.46 bits per heavy atom. The highest BCUT2D eigenvalue weighted by atomic mass is 32.2. The maximum absolute atomic E-state index is 12.5. The van der Waals surface area contributed by atoms with Gasteiger partial charge in [-0.05, 0) is 30.4 Å². The van der Waals surface area contributed by atoms with Gasteiger partial charge in [-0.2, -0.15) is 4.31 Å². The van der Waals surface area contributed by atoms with Crippen molar-refractivity contribution in [3.8, 4) is 0 Å². The van der Waals surface area contributed by atoms with Crippen LogP contribution in [0.4, 0.5) is 0 Å². The number of amides is 1. The van der Waals surface area contributed by atoms with E-state index in [0.717, 1.165) is 12.0 Å². The first-order chi connectivity index (χ1) is 13.4. The molecule has 1 saturated heterocycles. The first-order valence-electron chi connectivity index (χ1n) is 10.2. The molecule has 1 aliphatic heterocycles. The van der Waals surface area contributed by atoms with Gasteiger partial charge in [-0.15, -0.1) is 0 Å². The molecule has 2 atom stereocenters. The lowest BCUT2D eigenvalue weighted by Gasteiger charge is -2.34. The Balaban J connectivity index is 1.46. The lowest BCUT2D eigenvalue weighted by Crippen LogP contribution is -2.52. The molecule has 28 heavy (non-hydrogen) atoms. The van der Waals surface area contributed by atoms with Crippen LogP contribution in [-0.2, 0) is 14.8 Å². The third-order valence-electron chi connectivity index (χ3n) is 5.75. The van der Waals surface area contributed by atoms with Gasteiger partial charge in [-0.1, -0.05) is 50.1 Å². The zero-order valence-electron chi connectivity index (χ0n) is 16.6. The summed E-state index contributed by atoms with van der Waals surface area (Å²) >= 11 is 0. The van der Waals surface area contributed by atoms with E-state index in [1.54, 1.807) is 6.08 Å². The molecule has 1 aromatic carbocycles. The van der Waals surface area contributed by atoms with Crippen LogP contribution in [0.2, 0.25) is 0 Å². The van der Waals surface area contributed by atoms with Gasteiger partial charge in [-0.25, -0.2) is 8.42 Å². The van der Waals surface area contributed by atoms with Crippen LogP contribution < -0.4 is 5.32 Å². The number of carbonyl (C=O) groups excluding carboxylic acids is 1. The van der Waals surface area contributed by atoms with Gasteiger partial charge in [0.05, 0.1) is 6.54 Å². The Morgan fingerprint density at radius 2 is 1.79 bits per heavy atom. The molecule has 154 valence electrons. The second kappa shape index (κ2) is 9.67. The minimum Gasteiger partial charge on any atom is -0.352 e. The summed E-state index contributed by atoms with van der Waals surface area (Å²) in [4.78, 5) is 14.4. The predicted molar refractivity (Wildman–Crippen MR) is 112 cm³/mol. The van der Waals surface area contributed by atoms with Crippen molar-refractivity contribution >= 4 is 22.0 Å². The molecule has 2 fully saturated rings. The molecule has 0 aromatic heterocycles. The van der Waals surface area contributed by atoms with Crippen LogP contribution in [0, 0.1) is 5.92 Å². The van der Waals surface area contributed by atoms with Crippen molar-refractivity contribution < 1.29 is 13.2 Å². The molecule has 2 aliphatic rings. The zero-order chi connectivity index (χ0) is 20.0. The Morgan fingerprint density at radius 1 is 1.11 bits per heavy atom. The van der Waals surface area contributed by atoms with Crippen molar-refractivity contribution in [3.63, 3.8) is 0 Å². The number of carbonyl (C=O) groups is 1. The molecule has 0 radical (unpaired) electrons. The van der Waals surface area contributed by atoms with Crippen LogP contribution in [0.25, 0.3) is 6.08 Å². The highest BCUT2D eigenvalue weighted by Crippen LogP contribution is 2.23. The van der Waals surface area contributed by atoms with Crippen molar-refractivity contribution in [2.75, 3.05) is 32.7 Å². The van der Waals surface area contributed by atoms with E-state index >= 15 is 0 Å². The summed E-state index contributed by atoms with van der Waals surface area (Å²) in [7, 11) is -3.44. The first kappa shape index (κ1) is 21.0. The van der Waals surface area contributed by atoms with Crippen molar-refractivity contribution in [2.24, 2.45) is 5.92 Å². The van der Waals surface area contributed by atoms with Gasteiger partial charge in [0.2, 0.25) is 15.9 Å². The largest absolute Gasteiger partial charge is 0.352 e. The Bertz CT molecular complexity index is 771. The van der Waals surface area contributed by atoms with Crippen LogP contribution in [0.5, 0.6) is 0 Å². The number of hydrogen-bond donors (Lipinski definition) is 1. The maximum atomic E-state index is 12.5. The van der Waals surface area contributed by atoms with Gasteiger partial charge in [0.25, 0.3) is 0 Å². The van der Waals surface area contributed by atoms with Crippen molar-refractivity contribution in [3.05, 3.63) is 41.3 Å². The molecule has 6 nitrogen and oxygen atoms in total. The average molecular weight is 406 g/mol. The predicted octanol–water partition coefficient (Wildman–Crippen LogP) is 2.30. The van der Waals surface area contributed by atoms with E-state index < -0.39 is 10.0 Å². The molecular weight excluding hydrogens is 374 g/mol. The molecule has 0 spiro atoms. The fourth-order valence-electron chi connectivity index (χ4n) is 3.94. The number of benzene rings is 1. The molecule has 0 unspecified atom stereocenters. The smallest absolute Gasteiger partial charge is 0.236 e. The molecule has 1 aliphatic carbocycles. The SMILES string of the molecule is C[C@H]1CCCC[C@H]1NC(=O)CN1CCN(S(=O)(=O)/C=C/c2ccccc2)CC1. The minimum atomic E-state index is -3.44. The zero-order valence-corrected chi connectivity index (χ0v) is 17.4. The summed E-state index contributed by atoms with van der Waals surface area (Å²) in [5.41, 5.74) is 0.860. The van der Waals surface area contributed by atoms with Crippen LogP contribution in [0.15, 0.2) is 35.7 Å². The summed E-state index contributed by atoms with van der Waals surface area (Å²) in [6, 6.07) is 9.68. The summed E-state index contributed by atoms with van der Waals surface area (Å²) < 4.78 is 26.5. The van der Waals surface area contributed by atoms with Gasteiger partial charge in [0.1, 0.15) is 0 Å². The molecule has 3 rings (SSSR count).